The Labute approximate surface area is 206 Å². The van der Waals surface area contributed by atoms with Gasteiger partial charge in [-0.1, -0.05) is 53.5 Å². The second-order valence-corrected chi connectivity index (χ2v) is 9.17. The fraction of sp³-hybridized carbons (Fsp3) is 0.154. The van der Waals surface area contributed by atoms with E-state index in [1.54, 1.807) is 22.8 Å². The maximum absolute atomic E-state index is 13.0. The molecular formula is C26H20Cl2N4O2. The highest BCUT2D eigenvalue weighted by Gasteiger charge is 2.30. The molecule has 5 rings (SSSR count). The van der Waals surface area contributed by atoms with Crippen LogP contribution in [0.1, 0.15) is 16.8 Å². The summed E-state index contributed by atoms with van der Waals surface area (Å²) in [6.07, 6.45) is 0.525. The second-order valence-electron chi connectivity index (χ2n) is 8.30. The lowest BCUT2D eigenvalue weighted by atomic mass is 10.0. The average molecular weight is 491 g/mol. The smallest absolute Gasteiger partial charge is 0.335 e. The van der Waals surface area contributed by atoms with Crippen LogP contribution in [0.2, 0.25) is 10.0 Å². The molecule has 0 amide bonds. The van der Waals surface area contributed by atoms with E-state index >= 15 is 0 Å². The zero-order valence-electron chi connectivity index (χ0n) is 18.0. The van der Waals surface area contributed by atoms with Crippen LogP contribution in [0, 0.1) is 11.3 Å². The zero-order chi connectivity index (χ0) is 23.8. The molecule has 2 heterocycles. The molecule has 0 saturated heterocycles. The van der Waals surface area contributed by atoms with E-state index in [1.165, 1.54) is 4.57 Å². The summed E-state index contributed by atoms with van der Waals surface area (Å²) in [6.45, 7) is 1.08. The normalized spacial score (nSPS) is 14.7. The molecular weight excluding hydrogens is 471 g/mol. The minimum absolute atomic E-state index is 0.0183. The molecule has 1 aromatic heterocycles. The van der Waals surface area contributed by atoms with E-state index in [-0.39, 0.29) is 17.6 Å². The lowest BCUT2D eigenvalue weighted by molar-refractivity contribution is 0.429. The SMILES string of the molecule is N#Cc1ccc(-c2cccc(CN[C@H]3Cc4c(O)n(-c5cc(Cl)cc(Cl)c5)c(=O)n4C3)c2)cc1. The summed E-state index contributed by atoms with van der Waals surface area (Å²) in [6, 6.07) is 22.6. The van der Waals surface area contributed by atoms with Crippen LogP contribution in [0.15, 0.2) is 71.5 Å². The standard InChI is InChI=1S/C26H20Cl2N4O2/c27-20-9-21(28)11-23(10-20)32-25(33)24-12-22(15-31(24)26(32)34)30-14-17-2-1-3-19(8-17)18-6-4-16(13-29)5-7-18/h1-11,22,30,33H,12,14-15H2/t22-/m0/s1. The fourth-order valence-corrected chi connectivity index (χ4v) is 4.90. The molecule has 0 saturated carbocycles. The number of hydrogen-bond acceptors (Lipinski definition) is 4. The van der Waals surface area contributed by atoms with E-state index in [0.29, 0.717) is 46.5 Å². The first kappa shape index (κ1) is 22.3. The highest BCUT2D eigenvalue weighted by Crippen LogP contribution is 2.29. The molecule has 0 spiro atoms. The first-order chi connectivity index (χ1) is 16.4. The number of nitriles is 1. The Morgan fingerprint density at radius 1 is 1.03 bits per heavy atom. The molecule has 34 heavy (non-hydrogen) atoms. The van der Waals surface area contributed by atoms with Crippen molar-refractivity contribution in [2.75, 3.05) is 0 Å². The van der Waals surface area contributed by atoms with Gasteiger partial charge in [0.15, 0.2) is 0 Å². The van der Waals surface area contributed by atoms with Crippen LogP contribution >= 0.6 is 23.2 Å². The largest absolute Gasteiger partial charge is 0.493 e. The number of hydrogen-bond donors (Lipinski definition) is 2. The van der Waals surface area contributed by atoms with Crippen LogP contribution in [-0.2, 0) is 19.5 Å². The molecule has 4 aromatic rings. The number of nitrogens with one attached hydrogen (secondary N) is 1. The lowest BCUT2D eigenvalue weighted by Gasteiger charge is -2.13. The van der Waals surface area contributed by atoms with Crippen molar-refractivity contribution in [3.63, 3.8) is 0 Å². The molecule has 1 atom stereocenters. The number of rotatable bonds is 5. The summed E-state index contributed by atoms with van der Waals surface area (Å²) in [5, 5.41) is 24.0. The summed E-state index contributed by atoms with van der Waals surface area (Å²) in [4.78, 5) is 13.0. The highest BCUT2D eigenvalue weighted by atomic mass is 35.5. The Morgan fingerprint density at radius 2 is 1.76 bits per heavy atom. The first-order valence-corrected chi connectivity index (χ1v) is 11.5. The van der Waals surface area contributed by atoms with Gasteiger partial charge in [-0.15, -0.1) is 0 Å². The van der Waals surface area contributed by atoms with E-state index < -0.39 is 0 Å². The highest BCUT2D eigenvalue weighted by molar-refractivity contribution is 6.34. The molecule has 8 heteroatoms. The van der Waals surface area contributed by atoms with Gasteiger partial charge in [0.1, 0.15) is 0 Å². The Bertz CT molecular complexity index is 1460. The predicted octanol–water partition coefficient (Wildman–Crippen LogP) is 4.90. The second kappa shape index (κ2) is 9.03. The number of nitrogens with zero attached hydrogens (tertiary/aromatic N) is 3. The first-order valence-electron chi connectivity index (χ1n) is 10.8. The number of halogens is 2. The third-order valence-electron chi connectivity index (χ3n) is 6.04. The molecule has 0 aliphatic carbocycles. The van der Waals surface area contributed by atoms with Crippen LogP contribution in [0.3, 0.4) is 0 Å². The maximum Gasteiger partial charge on any atom is 0.335 e. The van der Waals surface area contributed by atoms with Gasteiger partial charge in [-0.2, -0.15) is 5.26 Å². The molecule has 0 fully saturated rings. The molecule has 0 bridgehead atoms. The van der Waals surface area contributed by atoms with Gasteiger partial charge in [0.25, 0.3) is 0 Å². The minimum atomic E-state index is -0.321. The third kappa shape index (κ3) is 4.22. The van der Waals surface area contributed by atoms with Gasteiger partial charge in [-0.3, -0.25) is 4.57 Å². The summed E-state index contributed by atoms with van der Waals surface area (Å²) < 4.78 is 2.83. The Balaban J connectivity index is 1.30. The maximum atomic E-state index is 13.0. The monoisotopic (exact) mass is 490 g/mol. The average Bonchev–Trinajstić information content (AvgIpc) is 3.36. The van der Waals surface area contributed by atoms with Gasteiger partial charge in [-0.05, 0) is 53.1 Å². The molecule has 2 N–H and O–H groups in total. The van der Waals surface area contributed by atoms with Crippen LogP contribution in [-0.4, -0.2) is 20.3 Å². The molecule has 0 radical (unpaired) electrons. The molecule has 6 nitrogen and oxygen atoms in total. The van der Waals surface area contributed by atoms with Crippen molar-refractivity contribution in [3.05, 3.63) is 104 Å². The van der Waals surface area contributed by atoms with Crippen LogP contribution in [0.5, 0.6) is 5.88 Å². The van der Waals surface area contributed by atoms with Crippen LogP contribution < -0.4 is 11.0 Å². The Morgan fingerprint density at radius 3 is 2.44 bits per heavy atom. The zero-order valence-corrected chi connectivity index (χ0v) is 19.5. The lowest BCUT2D eigenvalue weighted by Crippen LogP contribution is -2.33. The van der Waals surface area contributed by atoms with E-state index in [1.807, 2.05) is 42.5 Å². The van der Waals surface area contributed by atoms with E-state index in [2.05, 4.69) is 17.5 Å². The van der Waals surface area contributed by atoms with Gasteiger partial charge in [0.2, 0.25) is 5.88 Å². The van der Waals surface area contributed by atoms with Crippen LogP contribution in [0.25, 0.3) is 16.8 Å². The fourth-order valence-electron chi connectivity index (χ4n) is 4.38. The van der Waals surface area contributed by atoms with Gasteiger partial charge < -0.3 is 10.4 Å². The number of aromatic hydroxyl groups is 1. The van der Waals surface area contributed by atoms with Crippen LogP contribution in [0.4, 0.5) is 0 Å². The van der Waals surface area contributed by atoms with Gasteiger partial charge in [0, 0.05) is 35.6 Å². The van der Waals surface area contributed by atoms with Crippen molar-refractivity contribution in [2.24, 2.45) is 0 Å². The summed E-state index contributed by atoms with van der Waals surface area (Å²) in [5.41, 5.74) is 4.56. The molecule has 1 aliphatic rings. The number of imidazole rings is 1. The topological polar surface area (TPSA) is 83.0 Å². The molecule has 170 valence electrons. The van der Waals surface area contributed by atoms with E-state index in [4.69, 9.17) is 28.5 Å². The molecule has 3 aromatic carbocycles. The van der Waals surface area contributed by atoms with Gasteiger partial charge in [0.05, 0.1) is 23.0 Å². The van der Waals surface area contributed by atoms with Crippen molar-refractivity contribution >= 4 is 23.2 Å². The van der Waals surface area contributed by atoms with Crippen molar-refractivity contribution in [1.29, 1.82) is 5.26 Å². The minimum Gasteiger partial charge on any atom is -0.493 e. The number of benzene rings is 3. The van der Waals surface area contributed by atoms with Crippen molar-refractivity contribution in [3.8, 4) is 28.8 Å². The summed E-state index contributed by atoms with van der Waals surface area (Å²) in [5.74, 6) is -0.0875. The summed E-state index contributed by atoms with van der Waals surface area (Å²) >= 11 is 12.1. The van der Waals surface area contributed by atoms with Crippen molar-refractivity contribution < 1.29 is 5.11 Å². The molecule has 0 unspecified atom stereocenters. The van der Waals surface area contributed by atoms with E-state index in [0.717, 1.165) is 16.7 Å². The molecule has 1 aliphatic heterocycles. The number of aromatic nitrogens is 2. The predicted molar refractivity (Wildman–Crippen MR) is 133 cm³/mol. The third-order valence-corrected chi connectivity index (χ3v) is 6.47. The quantitative estimate of drug-likeness (QED) is 0.416. The van der Waals surface area contributed by atoms with E-state index in [9.17, 15) is 9.90 Å². The van der Waals surface area contributed by atoms with Gasteiger partial charge >= 0.3 is 5.69 Å². The van der Waals surface area contributed by atoms with Crippen molar-refractivity contribution in [2.45, 2.75) is 25.6 Å². The Kier molecular flexibility index (Phi) is 5.93. The summed E-state index contributed by atoms with van der Waals surface area (Å²) in [7, 11) is 0. The Hall–Kier alpha value is -3.50. The van der Waals surface area contributed by atoms with Crippen molar-refractivity contribution in [1.82, 2.24) is 14.5 Å². The number of fused-ring (bicyclic) bond motifs is 1. The van der Waals surface area contributed by atoms with Gasteiger partial charge in [-0.25, -0.2) is 9.36 Å².